The first-order chi connectivity index (χ1) is 13.2. The normalized spacial score (nSPS) is 10.9. The molecule has 0 saturated carbocycles. The van der Waals surface area contributed by atoms with E-state index >= 15 is 0 Å². The third kappa shape index (κ3) is 3.71. The van der Waals surface area contributed by atoms with Gasteiger partial charge in [-0.05, 0) is 31.2 Å². The molecule has 2 heterocycles. The summed E-state index contributed by atoms with van der Waals surface area (Å²) in [5.41, 5.74) is 2.78. The number of carbonyl (C=O) groups is 1. The maximum Gasteiger partial charge on any atom is 0.205 e. The van der Waals surface area contributed by atoms with Crippen LogP contribution in [0.5, 0.6) is 0 Å². The average Bonchev–Trinajstić information content (AvgIpc) is 3.37. The molecule has 0 radical (unpaired) electrons. The number of nitrogens with zero attached hydrogens (tertiary/aromatic N) is 3. The Labute approximate surface area is 161 Å². The maximum absolute atomic E-state index is 12.4. The van der Waals surface area contributed by atoms with Crippen LogP contribution in [0.3, 0.4) is 0 Å². The number of benzene rings is 2. The van der Waals surface area contributed by atoms with Crippen LogP contribution in [-0.2, 0) is 0 Å². The van der Waals surface area contributed by atoms with Crippen molar-refractivity contribution in [1.29, 1.82) is 0 Å². The molecular weight excluding hydrogens is 358 g/mol. The number of aromatic nitrogens is 3. The van der Waals surface area contributed by atoms with E-state index in [0.717, 1.165) is 5.69 Å². The smallest absolute Gasteiger partial charge is 0.205 e. The predicted octanol–water partition coefficient (Wildman–Crippen LogP) is 4.81. The number of furan rings is 1. The quantitative estimate of drug-likeness (QED) is 0.357. The number of Topliss-reactive ketones (excluding diaryl/α,β-unsaturated/α-hetero) is 1. The zero-order valence-corrected chi connectivity index (χ0v) is 15.5. The van der Waals surface area contributed by atoms with E-state index in [1.807, 2.05) is 78.2 Å². The molecule has 2 aromatic heterocycles. The Bertz CT molecular complexity index is 1040. The van der Waals surface area contributed by atoms with Gasteiger partial charge in [-0.15, -0.1) is 10.2 Å². The van der Waals surface area contributed by atoms with Gasteiger partial charge < -0.3 is 4.42 Å². The van der Waals surface area contributed by atoms with Crippen LogP contribution in [0.15, 0.2) is 82.6 Å². The van der Waals surface area contributed by atoms with E-state index in [2.05, 4.69) is 10.2 Å². The molecule has 5 nitrogen and oxygen atoms in total. The van der Waals surface area contributed by atoms with E-state index in [1.165, 1.54) is 17.3 Å². The second kappa shape index (κ2) is 7.63. The number of hydrogen-bond acceptors (Lipinski definition) is 5. The molecule has 0 saturated heterocycles. The number of thioether (sulfide) groups is 1. The average molecular weight is 375 g/mol. The third-order valence-electron chi connectivity index (χ3n) is 4.10. The molecule has 0 atom stereocenters. The molecule has 0 bridgehead atoms. The highest BCUT2D eigenvalue weighted by Crippen LogP contribution is 2.28. The van der Waals surface area contributed by atoms with E-state index < -0.39 is 0 Å². The molecule has 0 aliphatic rings. The molecule has 0 N–H and O–H groups in total. The van der Waals surface area contributed by atoms with Crippen molar-refractivity contribution in [2.75, 3.05) is 5.75 Å². The van der Waals surface area contributed by atoms with Gasteiger partial charge in [0.25, 0.3) is 0 Å². The zero-order valence-electron chi connectivity index (χ0n) is 14.7. The summed E-state index contributed by atoms with van der Waals surface area (Å²) in [6.45, 7) is 2.04. The fourth-order valence-electron chi connectivity index (χ4n) is 2.69. The van der Waals surface area contributed by atoms with Crippen LogP contribution < -0.4 is 0 Å². The number of ketones is 1. The lowest BCUT2D eigenvalue weighted by molar-refractivity contribution is 0.102. The van der Waals surface area contributed by atoms with Gasteiger partial charge in [-0.2, -0.15) is 0 Å². The van der Waals surface area contributed by atoms with Crippen molar-refractivity contribution < 1.29 is 9.21 Å². The van der Waals surface area contributed by atoms with Crippen molar-refractivity contribution in [3.63, 3.8) is 0 Å². The molecule has 4 aromatic rings. The topological polar surface area (TPSA) is 60.9 Å². The third-order valence-corrected chi connectivity index (χ3v) is 5.02. The Hall–Kier alpha value is -3.12. The Morgan fingerprint density at radius 2 is 1.78 bits per heavy atom. The second-order valence-electron chi connectivity index (χ2n) is 6.03. The van der Waals surface area contributed by atoms with Gasteiger partial charge in [0.2, 0.25) is 5.82 Å². The van der Waals surface area contributed by atoms with Crippen molar-refractivity contribution in [3.05, 3.63) is 84.1 Å². The van der Waals surface area contributed by atoms with Crippen LogP contribution in [0.25, 0.3) is 17.3 Å². The number of hydrogen-bond donors (Lipinski definition) is 0. The van der Waals surface area contributed by atoms with Crippen molar-refractivity contribution in [1.82, 2.24) is 14.8 Å². The zero-order chi connectivity index (χ0) is 18.6. The molecule has 4 rings (SSSR count). The van der Waals surface area contributed by atoms with Crippen molar-refractivity contribution >= 4 is 17.5 Å². The minimum Gasteiger partial charge on any atom is -0.461 e. The lowest BCUT2D eigenvalue weighted by Gasteiger charge is -2.09. The van der Waals surface area contributed by atoms with Crippen LogP contribution in [0.1, 0.15) is 15.9 Å². The summed E-state index contributed by atoms with van der Waals surface area (Å²) in [6, 6.07) is 21.0. The number of carbonyl (C=O) groups excluding carboxylic acids is 1. The van der Waals surface area contributed by atoms with E-state index in [1.54, 1.807) is 6.26 Å². The van der Waals surface area contributed by atoms with E-state index in [0.29, 0.717) is 22.3 Å². The van der Waals surface area contributed by atoms with Gasteiger partial charge in [0, 0.05) is 11.3 Å². The van der Waals surface area contributed by atoms with Gasteiger partial charge >= 0.3 is 0 Å². The van der Waals surface area contributed by atoms with Crippen molar-refractivity contribution in [2.24, 2.45) is 0 Å². The summed E-state index contributed by atoms with van der Waals surface area (Å²) in [7, 11) is 0. The van der Waals surface area contributed by atoms with Crippen LogP contribution in [0.2, 0.25) is 0 Å². The molecule has 0 aliphatic carbocycles. The Morgan fingerprint density at radius 1 is 1.00 bits per heavy atom. The van der Waals surface area contributed by atoms with Gasteiger partial charge in [0.1, 0.15) is 0 Å². The Kier molecular flexibility index (Phi) is 4.89. The van der Waals surface area contributed by atoms with Crippen molar-refractivity contribution in [3.8, 4) is 17.3 Å². The maximum atomic E-state index is 12.4. The molecule has 27 heavy (non-hydrogen) atoms. The summed E-state index contributed by atoms with van der Waals surface area (Å²) in [6.07, 6.45) is 1.61. The Balaban J connectivity index is 1.66. The van der Waals surface area contributed by atoms with E-state index in [-0.39, 0.29) is 11.5 Å². The molecular formula is C21H17N3O2S. The molecule has 0 amide bonds. The monoisotopic (exact) mass is 375 g/mol. The van der Waals surface area contributed by atoms with Gasteiger partial charge in [0.05, 0.1) is 12.0 Å². The summed E-state index contributed by atoms with van der Waals surface area (Å²) < 4.78 is 7.43. The van der Waals surface area contributed by atoms with Crippen LogP contribution >= 0.6 is 11.8 Å². The van der Waals surface area contributed by atoms with Crippen molar-refractivity contribution in [2.45, 2.75) is 12.1 Å². The standard InChI is InChI=1S/C21H17N3O2S/c1-15-9-11-17(12-10-15)24-20(19-8-5-13-26-19)22-23-21(24)27-14-18(25)16-6-3-2-4-7-16/h2-13H,14H2,1H3. The van der Waals surface area contributed by atoms with Gasteiger partial charge in [0.15, 0.2) is 16.7 Å². The van der Waals surface area contributed by atoms with Gasteiger partial charge in [-0.25, -0.2) is 0 Å². The van der Waals surface area contributed by atoms with Gasteiger partial charge in [-0.3, -0.25) is 9.36 Å². The summed E-state index contributed by atoms with van der Waals surface area (Å²) >= 11 is 1.37. The highest BCUT2D eigenvalue weighted by atomic mass is 32.2. The number of rotatable bonds is 6. The summed E-state index contributed by atoms with van der Waals surface area (Å²) in [5.74, 6) is 1.58. The molecule has 2 aromatic carbocycles. The Morgan fingerprint density at radius 3 is 2.48 bits per heavy atom. The second-order valence-corrected chi connectivity index (χ2v) is 6.97. The molecule has 0 aliphatic heterocycles. The first-order valence-corrected chi connectivity index (χ1v) is 9.48. The highest BCUT2D eigenvalue weighted by Gasteiger charge is 2.19. The molecule has 134 valence electrons. The van der Waals surface area contributed by atoms with Crippen LogP contribution in [0.4, 0.5) is 0 Å². The fourth-order valence-corrected chi connectivity index (χ4v) is 3.54. The molecule has 0 fully saturated rings. The van der Waals surface area contributed by atoms with E-state index in [4.69, 9.17) is 4.42 Å². The SMILES string of the molecule is Cc1ccc(-n2c(SCC(=O)c3ccccc3)nnc2-c2ccco2)cc1. The minimum atomic E-state index is 0.0543. The lowest BCUT2D eigenvalue weighted by Crippen LogP contribution is -2.04. The van der Waals surface area contributed by atoms with Crippen LogP contribution in [0, 0.1) is 6.92 Å². The molecule has 0 spiro atoms. The minimum absolute atomic E-state index is 0.0543. The lowest BCUT2D eigenvalue weighted by atomic mass is 10.2. The molecule has 6 heteroatoms. The highest BCUT2D eigenvalue weighted by molar-refractivity contribution is 7.99. The summed E-state index contributed by atoms with van der Waals surface area (Å²) in [4.78, 5) is 12.4. The molecule has 0 unspecified atom stereocenters. The van der Waals surface area contributed by atoms with Crippen LogP contribution in [-0.4, -0.2) is 26.3 Å². The van der Waals surface area contributed by atoms with E-state index in [9.17, 15) is 4.79 Å². The number of aryl methyl sites for hydroxylation is 1. The predicted molar refractivity (Wildman–Crippen MR) is 105 cm³/mol. The van der Waals surface area contributed by atoms with Gasteiger partial charge in [-0.1, -0.05) is 59.8 Å². The first-order valence-electron chi connectivity index (χ1n) is 8.50. The fraction of sp³-hybridized carbons (Fsp3) is 0.0952. The largest absolute Gasteiger partial charge is 0.461 e. The first kappa shape index (κ1) is 17.3. The summed E-state index contributed by atoms with van der Waals surface area (Å²) in [5, 5.41) is 9.24.